The third kappa shape index (κ3) is 2.89. The maximum atomic E-state index is 13.5. The van der Waals surface area contributed by atoms with Crippen LogP contribution in [0.3, 0.4) is 0 Å². The monoisotopic (exact) mass is 278 g/mol. The molecule has 0 radical (unpaired) electrons. The summed E-state index contributed by atoms with van der Waals surface area (Å²) in [6.45, 7) is 0.444. The van der Waals surface area contributed by atoms with Crippen molar-refractivity contribution in [1.82, 2.24) is 10.6 Å². The summed E-state index contributed by atoms with van der Waals surface area (Å²) in [5, 5.41) is 7.16. The second-order valence-corrected chi connectivity index (χ2v) is 6.11. The van der Waals surface area contributed by atoms with Gasteiger partial charge in [-0.1, -0.05) is 24.6 Å². The average molecular weight is 278 g/mol. The van der Waals surface area contributed by atoms with Crippen LogP contribution in [-0.2, 0) is 6.54 Å². The van der Waals surface area contributed by atoms with E-state index in [9.17, 15) is 4.39 Å². The quantitative estimate of drug-likeness (QED) is 0.831. The molecule has 2 aliphatic carbocycles. The highest BCUT2D eigenvalue weighted by Crippen LogP contribution is 2.44. The Labute approximate surface area is 118 Å². The van der Waals surface area contributed by atoms with Crippen LogP contribution in [0, 0.1) is 17.7 Å². The molecule has 3 atom stereocenters. The zero-order valence-electron chi connectivity index (χ0n) is 10.9. The van der Waals surface area contributed by atoms with Crippen LogP contribution in [0.1, 0.15) is 31.2 Å². The van der Waals surface area contributed by atoms with Crippen LogP contribution in [0.15, 0.2) is 24.3 Å². The van der Waals surface area contributed by atoms with Gasteiger partial charge < -0.3 is 10.6 Å². The fraction of sp³-hybridized carbons (Fsp3) is 0.533. The molecule has 2 fully saturated rings. The summed E-state index contributed by atoms with van der Waals surface area (Å²) in [5.41, 5.74) is 0.652. The second-order valence-electron chi connectivity index (χ2n) is 5.70. The smallest absolute Gasteiger partial charge is 0.166 e. The third-order valence-electron chi connectivity index (χ3n) is 4.45. The predicted molar refractivity (Wildman–Crippen MR) is 78.2 cm³/mol. The first-order valence-electron chi connectivity index (χ1n) is 7.00. The number of hydrogen-bond donors (Lipinski definition) is 2. The lowest BCUT2D eigenvalue weighted by Gasteiger charge is -2.24. The molecule has 2 bridgehead atoms. The van der Waals surface area contributed by atoms with Crippen molar-refractivity contribution in [1.29, 1.82) is 0 Å². The number of hydrogen-bond acceptors (Lipinski definition) is 1. The molecule has 102 valence electrons. The van der Waals surface area contributed by atoms with Gasteiger partial charge in [-0.2, -0.15) is 0 Å². The first-order valence-corrected chi connectivity index (χ1v) is 7.41. The van der Waals surface area contributed by atoms with Gasteiger partial charge in [-0.15, -0.1) is 0 Å². The van der Waals surface area contributed by atoms with Crippen molar-refractivity contribution in [2.45, 2.75) is 38.3 Å². The number of halogens is 1. The van der Waals surface area contributed by atoms with Crippen LogP contribution < -0.4 is 10.6 Å². The number of thiocarbonyl (C=S) groups is 1. The lowest BCUT2D eigenvalue weighted by atomic mass is 9.96. The first-order chi connectivity index (χ1) is 9.22. The second kappa shape index (κ2) is 5.45. The molecule has 0 spiro atoms. The Morgan fingerprint density at radius 3 is 2.79 bits per heavy atom. The Hall–Kier alpha value is -1.16. The molecule has 2 nitrogen and oxygen atoms in total. The number of benzene rings is 1. The van der Waals surface area contributed by atoms with Crippen LogP contribution >= 0.6 is 12.2 Å². The fourth-order valence-electron chi connectivity index (χ4n) is 3.46. The van der Waals surface area contributed by atoms with E-state index in [1.165, 1.54) is 31.7 Å². The molecule has 0 unspecified atom stereocenters. The minimum Gasteiger partial charge on any atom is -0.360 e. The molecule has 4 heteroatoms. The lowest BCUT2D eigenvalue weighted by molar-refractivity contribution is 0.389. The highest BCUT2D eigenvalue weighted by Gasteiger charge is 2.39. The van der Waals surface area contributed by atoms with Gasteiger partial charge in [0.25, 0.3) is 0 Å². The van der Waals surface area contributed by atoms with E-state index in [0.717, 1.165) is 11.8 Å². The molecule has 1 aromatic carbocycles. The molecule has 0 heterocycles. The zero-order valence-corrected chi connectivity index (χ0v) is 11.7. The molecular formula is C15H19FN2S. The fourth-order valence-corrected chi connectivity index (χ4v) is 3.68. The van der Waals surface area contributed by atoms with E-state index in [-0.39, 0.29) is 5.82 Å². The standard InChI is InChI=1S/C15H19FN2S/c16-13-4-2-1-3-12(13)9-17-15(19)18-14-8-10-5-6-11(14)7-10/h1-4,10-11,14H,5-9H2,(H2,17,18,19)/t10-,11+,14-/m0/s1. The Kier molecular flexibility index (Phi) is 3.69. The van der Waals surface area contributed by atoms with E-state index in [2.05, 4.69) is 10.6 Å². The highest BCUT2D eigenvalue weighted by molar-refractivity contribution is 7.80. The zero-order chi connectivity index (χ0) is 13.2. The van der Waals surface area contributed by atoms with Gasteiger partial charge in [-0.25, -0.2) is 4.39 Å². The van der Waals surface area contributed by atoms with Crippen molar-refractivity contribution in [2.24, 2.45) is 11.8 Å². The van der Waals surface area contributed by atoms with Gasteiger partial charge in [0, 0.05) is 18.2 Å². The molecule has 2 saturated carbocycles. The van der Waals surface area contributed by atoms with Crippen molar-refractivity contribution < 1.29 is 4.39 Å². The molecule has 1 aromatic rings. The van der Waals surface area contributed by atoms with Crippen molar-refractivity contribution in [3.63, 3.8) is 0 Å². The van der Waals surface area contributed by atoms with Gasteiger partial charge in [-0.05, 0) is 49.4 Å². The Bertz CT molecular complexity index is 477. The summed E-state index contributed by atoms with van der Waals surface area (Å²) in [4.78, 5) is 0. The molecule has 0 aliphatic heterocycles. The van der Waals surface area contributed by atoms with E-state index in [4.69, 9.17) is 12.2 Å². The van der Waals surface area contributed by atoms with E-state index in [1.54, 1.807) is 12.1 Å². The molecule has 3 rings (SSSR count). The first kappa shape index (κ1) is 12.9. The number of fused-ring (bicyclic) bond motifs is 2. The van der Waals surface area contributed by atoms with Crippen molar-refractivity contribution in [3.8, 4) is 0 Å². The highest BCUT2D eigenvalue weighted by atomic mass is 32.1. The lowest BCUT2D eigenvalue weighted by Crippen LogP contribution is -2.44. The molecular weight excluding hydrogens is 259 g/mol. The van der Waals surface area contributed by atoms with Gasteiger partial charge in [0.1, 0.15) is 5.82 Å². The van der Waals surface area contributed by atoms with Crippen LogP contribution in [0.5, 0.6) is 0 Å². The molecule has 0 amide bonds. The summed E-state index contributed by atoms with van der Waals surface area (Å²) in [7, 11) is 0. The summed E-state index contributed by atoms with van der Waals surface area (Å²) in [5.74, 6) is 1.51. The van der Waals surface area contributed by atoms with Crippen molar-refractivity contribution in [2.75, 3.05) is 0 Å². The van der Waals surface area contributed by atoms with E-state index in [1.807, 2.05) is 6.07 Å². The van der Waals surface area contributed by atoms with Gasteiger partial charge in [0.15, 0.2) is 5.11 Å². The molecule has 2 aliphatic rings. The van der Waals surface area contributed by atoms with Gasteiger partial charge >= 0.3 is 0 Å². The van der Waals surface area contributed by atoms with Crippen molar-refractivity contribution >= 4 is 17.3 Å². The summed E-state index contributed by atoms with van der Waals surface area (Å²) in [6, 6.07) is 7.32. The maximum Gasteiger partial charge on any atom is 0.166 e. The molecule has 0 aromatic heterocycles. The summed E-state index contributed by atoms with van der Waals surface area (Å²) >= 11 is 5.30. The minimum absolute atomic E-state index is 0.183. The summed E-state index contributed by atoms with van der Waals surface area (Å²) < 4.78 is 13.5. The van der Waals surface area contributed by atoms with Crippen LogP contribution in [0.2, 0.25) is 0 Å². The Morgan fingerprint density at radius 2 is 2.11 bits per heavy atom. The van der Waals surface area contributed by atoms with Crippen molar-refractivity contribution in [3.05, 3.63) is 35.6 Å². The Balaban J connectivity index is 1.48. The minimum atomic E-state index is -0.183. The topological polar surface area (TPSA) is 24.1 Å². The molecule has 0 saturated heterocycles. The van der Waals surface area contributed by atoms with Crippen LogP contribution in [0.25, 0.3) is 0 Å². The number of nitrogens with one attached hydrogen (secondary N) is 2. The van der Waals surface area contributed by atoms with Crippen LogP contribution in [0.4, 0.5) is 4.39 Å². The average Bonchev–Trinajstić information content (AvgIpc) is 3.00. The van der Waals surface area contributed by atoms with E-state index >= 15 is 0 Å². The largest absolute Gasteiger partial charge is 0.360 e. The van der Waals surface area contributed by atoms with Gasteiger partial charge in [-0.3, -0.25) is 0 Å². The molecule has 2 N–H and O–H groups in total. The van der Waals surface area contributed by atoms with Crippen LogP contribution in [-0.4, -0.2) is 11.2 Å². The van der Waals surface area contributed by atoms with E-state index in [0.29, 0.717) is 23.3 Å². The maximum absolute atomic E-state index is 13.5. The number of rotatable bonds is 3. The van der Waals surface area contributed by atoms with Gasteiger partial charge in [0.2, 0.25) is 0 Å². The third-order valence-corrected chi connectivity index (χ3v) is 4.71. The van der Waals surface area contributed by atoms with Gasteiger partial charge in [0.05, 0.1) is 0 Å². The summed E-state index contributed by atoms with van der Waals surface area (Å²) in [6.07, 6.45) is 5.32. The Morgan fingerprint density at radius 1 is 1.26 bits per heavy atom. The SMILES string of the molecule is Fc1ccccc1CNC(=S)N[C@H]1C[C@H]2CC[C@@H]1C2. The predicted octanol–water partition coefficient (Wildman–Crippen LogP) is 2.98. The molecule has 19 heavy (non-hydrogen) atoms. The normalized spacial score (nSPS) is 28.4. The van der Waals surface area contributed by atoms with E-state index < -0.39 is 0 Å².